The van der Waals surface area contributed by atoms with E-state index in [0.29, 0.717) is 28.9 Å². The molecule has 6 heteroatoms. The van der Waals surface area contributed by atoms with Crippen molar-refractivity contribution in [3.63, 3.8) is 0 Å². The molecule has 6 nitrogen and oxygen atoms in total. The quantitative estimate of drug-likeness (QED) is 0.165. The van der Waals surface area contributed by atoms with E-state index in [9.17, 15) is 5.26 Å². The van der Waals surface area contributed by atoms with Gasteiger partial charge in [-0.3, -0.25) is 0 Å². The first-order valence-electron chi connectivity index (χ1n) is 17.6. The Morgan fingerprint density at radius 3 is 1.61 bits per heavy atom. The number of fused-ring (bicyclic) bond motifs is 1. The van der Waals surface area contributed by atoms with Crippen molar-refractivity contribution < 1.29 is 0 Å². The zero-order valence-corrected chi connectivity index (χ0v) is 29.0. The minimum absolute atomic E-state index is 0.560. The van der Waals surface area contributed by atoms with Crippen LogP contribution in [0.15, 0.2) is 182 Å². The molecule has 0 saturated heterocycles. The predicted molar refractivity (Wildman–Crippen MR) is 216 cm³/mol. The van der Waals surface area contributed by atoms with Gasteiger partial charge in [-0.15, -0.1) is 0 Å². The molecular formula is C48H30N6. The summed E-state index contributed by atoms with van der Waals surface area (Å²) in [5, 5.41) is 10.5. The lowest BCUT2D eigenvalue weighted by Crippen LogP contribution is -2.01. The second-order valence-electron chi connectivity index (χ2n) is 12.8. The summed E-state index contributed by atoms with van der Waals surface area (Å²) in [6, 6.07) is 62.8. The Kier molecular flexibility index (Phi) is 8.48. The van der Waals surface area contributed by atoms with Crippen molar-refractivity contribution in [2.24, 2.45) is 0 Å². The molecular weight excluding hydrogens is 661 g/mol. The lowest BCUT2D eigenvalue weighted by molar-refractivity contribution is 1.07. The van der Waals surface area contributed by atoms with Gasteiger partial charge in [0.25, 0.3) is 0 Å². The molecule has 0 aliphatic carbocycles. The molecule has 0 unspecified atom stereocenters. The van der Waals surface area contributed by atoms with Crippen molar-refractivity contribution in [2.45, 2.75) is 0 Å². The van der Waals surface area contributed by atoms with Crippen molar-refractivity contribution in [2.75, 3.05) is 0 Å². The smallest absolute Gasteiger partial charge is 0.164 e. The van der Waals surface area contributed by atoms with Crippen LogP contribution in [0.25, 0.3) is 90.0 Å². The van der Waals surface area contributed by atoms with E-state index in [1.165, 1.54) is 0 Å². The summed E-state index contributed by atoms with van der Waals surface area (Å²) < 4.78 is 0. The van der Waals surface area contributed by atoms with Crippen LogP contribution >= 0.6 is 0 Å². The molecule has 0 radical (unpaired) electrons. The first-order valence-corrected chi connectivity index (χ1v) is 17.6. The first-order chi connectivity index (χ1) is 26.7. The molecule has 0 aliphatic rings. The first kappa shape index (κ1) is 32.3. The van der Waals surface area contributed by atoms with Gasteiger partial charge in [0.15, 0.2) is 23.3 Å². The molecule has 7 aromatic carbocycles. The van der Waals surface area contributed by atoms with Crippen molar-refractivity contribution in [3.8, 4) is 85.1 Å². The highest BCUT2D eigenvalue weighted by Gasteiger charge is 2.17. The largest absolute Gasteiger partial charge is 0.228 e. The Morgan fingerprint density at radius 1 is 0.333 bits per heavy atom. The highest BCUT2D eigenvalue weighted by molar-refractivity contribution is 5.93. The van der Waals surface area contributed by atoms with Crippen molar-refractivity contribution >= 4 is 10.9 Å². The fourth-order valence-electron chi connectivity index (χ4n) is 6.70. The second kappa shape index (κ2) is 14.2. The Labute approximate surface area is 312 Å². The standard InChI is InChI=1S/C48H30N6/c49-31-32-13-11-18-37(29-32)38-19-12-20-39(30-38)47-52-46(35-16-5-2-6-17-35)53-48(54-47)41-22-8-7-21-40(41)33-25-27-36(28-26-33)45-50-43-24-10-9-23-42(43)44(51-45)34-14-3-1-4-15-34/h1-30H. The average molecular weight is 691 g/mol. The SMILES string of the molecule is N#Cc1cccc(-c2cccc(-c3nc(-c4ccccc4)nc(-c4ccccc4-c4ccc(-c5nc(-c6ccccc6)c6ccccc6n5)cc4)n3)c2)c1. The van der Waals surface area contributed by atoms with Crippen LogP contribution in [0.1, 0.15) is 5.56 Å². The number of nitriles is 1. The van der Waals surface area contributed by atoms with Gasteiger partial charge < -0.3 is 0 Å². The summed E-state index contributed by atoms with van der Waals surface area (Å²) in [6.07, 6.45) is 0. The van der Waals surface area contributed by atoms with Gasteiger partial charge in [0, 0.05) is 33.2 Å². The van der Waals surface area contributed by atoms with Crippen molar-refractivity contribution in [3.05, 3.63) is 188 Å². The molecule has 9 aromatic rings. The molecule has 9 rings (SSSR count). The third kappa shape index (κ3) is 6.38. The molecule has 0 atom stereocenters. The number of nitrogens with zero attached hydrogens (tertiary/aromatic N) is 6. The molecule has 252 valence electrons. The molecule has 0 spiro atoms. The molecule has 0 fully saturated rings. The van der Waals surface area contributed by atoms with Crippen LogP contribution in [-0.4, -0.2) is 24.9 Å². The molecule has 2 heterocycles. The van der Waals surface area contributed by atoms with Gasteiger partial charge >= 0.3 is 0 Å². The average Bonchev–Trinajstić information content (AvgIpc) is 3.26. The van der Waals surface area contributed by atoms with E-state index in [1.54, 1.807) is 0 Å². The van der Waals surface area contributed by atoms with Crippen LogP contribution < -0.4 is 0 Å². The second-order valence-corrected chi connectivity index (χ2v) is 12.8. The van der Waals surface area contributed by atoms with E-state index >= 15 is 0 Å². The Balaban J connectivity index is 1.13. The Bertz CT molecular complexity index is 2830. The van der Waals surface area contributed by atoms with Crippen LogP contribution in [-0.2, 0) is 0 Å². The number of aromatic nitrogens is 5. The van der Waals surface area contributed by atoms with Crippen LogP contribution in [0, 0.1) is 11.3 Å². The van der Waals surface area contributed by atoms with E-state index in [2.05, 4.69) is 66.7 Å². The monoisotopic (exact) mass is 690 g/mol. The lowest BCUT2D eigenvalue weighted by atomic mass is 9.97. The molecule has 2 aromatic heterocycles. The molecule has 54 heavy (non-hydrogen) atoms. The predicted octanol–water partition coefficient (Wildman–Crippen LogP) is 11.4. The number of hydrogen-bond acceptors (Lipinski definition) is 6. The highest BCUT2D eigenvalue weighted by Crippen LogP contribution is 2.35. The number of hydrogen-bond donors (Lipinski definition) is 0. The number of para-hydroxylation sites is 1. The van der Waals surface area contributed by atoms with E-state index in [1.807, 2.05) is 121 Å². The maximum Gasteiger partial charge on any atom is 0.164 e. The van der Waals surface area contributed by atoms with E-state index in [0.717, 1.165) is 66.7 Å². The van der Waals surface area contributed by atoms with E-state index in [-0.39, 0.29) is 0 Å². The lowest BCUT2D eigenvalue weighted by Gasteiger charge is -2.13. The van der Waals surface area contributed by atoms with Crippen molar-refractivity contribution in [1.29, 1.82) is 5.26 Å². The summed E-state index contributed by atoms with van der Waals surface area (Å²) >= 11 is 0. The van der Waals surface area contributed by atoms with Crippen molar-refractivity contribution in [1.82, 2.24) is 24.9 Å². The van der Waals surface area contributed by atoms with E-state index < -0.39 is 0 Å². The molecule has 0 N–H and O–H groups in total. The third-order valence-electron chi connectivity index (χ3n) is 9.39. The van der Waals surface area contributed by atoms with Crippen LogP contribution in [0.3, 0.4) is 0 Å². The number of rotatable bonds is 7. The van der Waals surface area contributed by atoms with Crippen LogP contribution in [0.2, 0.25) is 0 Å². The molecule has 0 saturated carbocycles. The Morgan fingerprint density at radius 2 is 0.852 bits per heavy atom. The van der Waals surface area contributed by atoms with Gasteiger partial charge in [-0.1, -0.05) is 158 Å². The molecule has 0 aliphatic heterocycles. The topological polar surface area (TPSA) is 88.2 Å². The maximum absolute atomic E-state index is 9.49. The molecule has 0 bridgehead atoms. The summed E-state index contributed by atoms with van der Waals surface area (Å²) in [6.45, 7) is 0. The van der Waals surface area contributed by atoms with Gasteiger partial charge in [0.2, 0.25) is 0 Å². The summed E-state index contributed by atoms with van der Waals surface area (Å²) in [5.74, 6) is 2.38. The minimum atomic E-state index is 0.560. The fraction of sp³-hybridized carbons (Fsp3) is 0. The third-order valence-corrected chi connectivity index (χ3v) is 9.39. The summed E-state index contributed by atoms with van der Waals surface area (Å²) in [4.78, 5) is 25.1. The van der Waals surface area contributed by atoms with Gasteiger partial charge in [-0.25, -0.2) is 24.9 Å². The van der Waals surface area contributed by atoms with Gasteiger partial charge in [0.05, 0.1) is 22.8 Å². The van der Waals surface area contributed by atoms with E-state index in [4.69, 9.17) is 24.9 Å². The maximum atomic E-state index is 9.49. The normalized spacial score (nSPS) is 10.9. The zero-order valence-electron chi connectivity index (χ0n) is 29.0. The summed E-state index contributed by atoms with van der Waals surface area (Å²) in [7, 11) is 0. The summed E-state index contributed by atoms with van der Waals surface area (Å²) in [5.41, 5.74) is 11.0. The number of benzene rings is 7. The fourth-order valence-corrected chi connectivity index (χ4v) is 6.70. The van der Waals surface area contributed by atoms with Crippen LogP contribution in [0.5, 0.6) is 0 Å². The van der Waals surface area contributed by atoms with Gasteiger partial charge in [0.1, 0.15) is 0 Å². The van der Waals surface area contributed by atoms with Gasteiger partial charge in [-0.2, -0.15) is 5.26 Å². The van der Waals surface area contributed by atoms with Crippen LogP contribution in [0.4, 0.5) is 0 Å². The zero-order chi connectivity index (χ0) is 36.3. The molecule has 0 amide bonds. The highest BCUT2D eigenvalue weighted by atomic mass is 15.0. The Hall–Kier alpha value is -7.62. The van der Waals surface area contributed by atoms with Gasteiger partial charge in [-0.05, 0) is 46.5 Å². The minimum Gasteiger partial charge on any atom is -0.228 e.